The third kappa shape index (κ3) is 6.59. The van der Waals surface area contributed by atoms with E-state index < -0.39 is 17.4 Å². The lowest BCUT2D eigenvalue weighted by atomic mass is 9.83. The monoisotopic (exact) mass is 659 g/mol. The van der Waals surface area contributed by atoms with Gasteiger partial charge in [0.2, 0.25) is 0 Å². The first kappa shape index (κ1) is 31.1. The summed E-state index contributed by atoms with van der Waals surface area (Å²) in [5.41, 5.74) is 2.00. The molecule has 0 aliphatic carbocycles. The number of methoxy groups -OCH3 is 1. The highest BCUT2D eigenvalue weighted by Gasteiger charge is 2.52. The van der Waals surface area contributed by atoms with Crippen molar-refractivity contribution in [1.82, 2.24) is 15.0 Å². The van der Waals surface area contributed by atoms with Crippen LogP contribution in [0.1, 0.15) is 40.5 Å². The average Bonchev–Trinajstić information content (AvgIpc) is 3.56. The van der Waals surface area contributed by atoms with Crippen molar-refractivity contribution in [1.29, 1.82) is 0 Å². The maximum atomic E-state index is 14.0. The van der Waals surface area contributed by atoms with Crippen LogP contribution in [-0.4, -0.2) is 50.7 Å². The largest absolute Gasteiger partial charge is 0.497 e. The maximum Gasteiger partial charge on any atom is 0.264 e. The summed E-state index contributed by atoms with van der Waals surface area (Å²) in [6, 6.07) is 19.6. The molecule has 1 aromatic heterocycles. The minimum absolute atomic E-state index is 0.0178. The van der Waals surface area contributed by atoms with E-state index in [2.05, 4.69) is 31.6 Å². The van der Waals surface area contributed by atoms with Crippen LogP contribution in [-0.2, 0) is 29.9 Å². The van der Waals surface area contributed by atoms with Crippen molar-refractivity contribution in [3.63, 3.8) is 0 Å². The molecule has 0 spiro atoms. The molecular weight excluding hydrogens is 626 g/mol. The zero-order valence-electron chi connectivity index (χ0n) is 24.5. The van der Waals surface area contributed by atoms with Crippen molar-refractivity contribution in [2.24, 2.45) is 5.92 Å². The van der Waals surface area contributed by atoms with E-state index in [0.29, 0.717) is 47.6 Å². The van der Waals surface area contributed by atoms with Crippen LogP contribution in [0.15, 0.2) is 89.6 Å². The van der Waals surface area contributed by atoms with Crippen molar-refractivity contribution in [2.45, 2.75) is 38.5 Å². The number of halogens is 1. The number of aliphatic hydroxyl groups excluding tert-OH is 1. The zero-order valence-corrected chi connectivity index (χ0v) is 26.1. The molecule has 2 atom stereocenters. The van der Waals surface area contributed by atoms with E-state index in [9.17, 15) is 14.7 Å². The van der Waals surface area contributed by atoms with E-state index in [4.69, 9.17) is 9.84 Å². The molecule has 0 fully saturated rings. The molecule has 44 heavy (non-hydrogen) atoms. The minimum Gasteiger partial charge on any atom is -0.497 e. The van der Waals surface area contributed by atoms with E-state index in [1.165, 1.54) is 0 Å². The topological polar surface area (TPSA) is 130 Å². The normalized spacial score (nSPS) is 16.8. The SMILES string of the molecule is COc1ccc(C(=O)Nc2cccc(CN3C(=O)[C@](O)([C@H](C)/C=C/CCn4cc(CCO)nn4)c4cc(Br)ccc43)c2)cc1. The number of anilines is 2. The summed E-state index contributed by atoms with van der Waals surface area (Å²) in [4.78, 5) is 28.4. The van der Waals surface area contributed by atoms with Crippen LogP contribution in [0.25, 0.3) is 0 Å². The number of allylic oxidation sites excluding steroid dienone is 1. The number of carbonyl (C=O) groups excluding carboxylic acids is 2. The van der Waals surface area contributed by atoms with Gasteiger partial charge in [-0.05, 0) is 66.6 Å². The summed E-state index contributed by atoms with van der Waals surface area (Å²) in [5.74, 6) is -0.540. The van der Waals surface area contributed by atoms with Gasteiger partial charge in [0.25, 0.3) is 11.8 Å². The molecule has 0 unspecified atom stereocenters. The fourth-order valence-electron chi connectivity index (χ4n) is 5.28. The van der Waals surface area contributed by atoms with E-state index in [0.717, 1.165) is 15.7 Å². The summed E-state index contributed by atoms with van der Waals surface area (Å²) in [6.07, 6.45) is 6.66. The molecule has 5 rings (SSSR count). The molecule has 2 amide bonds. The summed E-state index contributed by atoms with van der Waals surface area (Å²) >= 11 is 3.50. The Labute approximate surface area is 264 Å². The Morgan fingerprint density at radius 1 is 1.16 bits per heavy atom. The van der Waals surface area contributed by atoms with Crippen molar-refractivity contribution < 1.29 is 24.5 Å². The Balaban J connectivity index is 1.30. The summed E-state index contributed by atoms with van der Waals surface area (Å²) in [7, 11) is 1.57. The summed E-state index contributed by atoms with van der Waals surface area (Å²) < 4.78 is 7.63. The first-order valence-corrected chi connectivity index (χ1v) is 15.1. The van der Waals surface area contributed by atoms with Crippen LogP contribution in [0.2, 0.25) is 0 Å². The van der Waals surface area contributed by atoms with Crippen molar-refractivity contribution in [2.75, 3.05) is 23.9 Å². The number of rotatable bonds is 12. The van der Waals surface area contributed by atoms with Gasteiger partial charge in [0.15, 0.2) is 5.60 Å². The molecule has 228 valence electrons. The molecule has 3 aromatic carbocycles. The second-order valence-corrected chi connectivity index (χ2v) is 11.6. The van der Waals surface area contributed by atoms with Crippen molar-refractivity contribution in [3.05, 3.63) is 112 Å². The molecule has 0 radical (unpaired) electrons. The Morgan fingerprint density at radius 2 is 1.95 bits per heavy atom. The third-order valence-electron chi connectivity index (χ3n) is 7.67. The first-order chi connectivity index (χ1) is 21.2. The molecule has 0 saturated heterocycles. The first-order valence-electron chi connectivity index (χ1n) is 14.3. The molecular formula is C33H34BrN5O5. The predicted octanol–water partition coefficient (Wildman–Crippen LogP) is 4.85. The van der Waals surface area contributed by atoms with E-state index >= 15 is 0 Å². The average molecular weight is 661 g/mol. The number of ether oxygens (including phenoxy) is 1. The predicted molar refractivity (Wildman–Crippen MR) is 170 cm³/mol. The Kier molecular flexibility index (Phi) is 9.58. The van der Waals surface area contributed by atoms with Gasteiger partial charge < -0.3 is 25.2 Å². The second kappa shape index (κ2) is 13.5. The maximum absolute atomic E-state index is 14.0. The van der Waals surface area contributed by atoms with E-state index in [1.807, 2.05) is 49.4 Å². The number of benzene rings is 3. The van der Waals surface area contributed by atoms with Crippen LogP contribution >= 0.6 is 15.9 Å². The fourth-order valence-corrected chi connectivity index (χ4v) is 5.64. The number of aryl methyl sites for hydroxylation is 1. The van der Waals surface area contributed by atoms with E-state index in [1.54, 1.807) is 59.3 Å². The second-order valence-electron chi connectivity index (χ2n) is 10.7. The number of aromatic nitrogens is 3. The lowest BCUT2D eigenvalue weighted by molar-refractivity contribution is -0.139. The summed E-state index contributed by atoms with van der Waals surface area (Å²) in [5, 5.41) is 32.1. The molecule has 4 aromatic rings. The molecule has 0 bridgehead atoms. The van der Waals surface area contributed by atoms with Gasteiger partial charge in [-0.15, -0.1) is 5.10 Å². The smallest absolute Gasteiger partial charge is 0.264 e. The number of fused-ring (bicyclic) bond motifs is 1. The van der Waals surface area contributed by atoms with Crippen LogP contribution in [0.5, 0.6) is 5.75 Å². The molecule has 3 N–H and O–H groups in total. The van der Waals surface area contributed by atoms with Gasteiger partial charge in [0.05, 0.1) is 25.0 Å². The molecule has 1 aliphatic rings. The lowest BCUT2D eigenvalue weighted by Crippen LogP contribution is -2.44. The van der Waals surface area contributed by atoms with Gasteiger partial charge in [-0.1, -0.05) is 52.4 Å². The number of amides is 2. The highest BCUT2D eigenvalue weighted by Crippen LogP contribution is 2.46. The Morgan fingerprint density at radius 3 is 2.70 bits per heavy atom. The highest BCUT2D eigenvalue weighted by atomic mass is 79.9. The van der Waals surface area contributed by atoms with Gasteiger partial charge in [0.1, 0.15) is 5.75 Å². The van der Waals surface area contributed by atoms with Gasteiger partial charge in [-0.2, -0.15) is 0 Å². The van der Waals surface area contributed by atoms with Crippen LogP contribution in [0.4, 0.5) is 11.4 Å². The van der Waals surface area contributed by atoms with Gasteiger partial charge in [-0.25, -0.2) is 0 Å². The van der Waals surface area contributed by atoms with Crippen molar-refractivity contribution >= 4 is 39.1 Å². The van der Waals surface area contributed by atoms with Gasteiger partial charge >= 0.3 is 0 Å². The molecule has 0 saturated carbocycles. The number of aliphatic hydroxyl groups is 2. The Hall–Kier alpha value is -4.32. The van der Waals surface area contributed by atoms with Crippen LogP contribution < -0.4 is 15.0 Å². The minimum atomic E-state index is -1.77. The van der Waals surface area contributed by atoms with Gasteiger partial charge in [0, 0.05) is 53.0 Å². The fraction of sp³-hybridized carbons (Fsp3) is 0.273. The lowest BCUT2D eigenvalue weighted by Gasteiger charge is -2.28. The number of hydrogen-bond acceptors (Lipinski definition) is 7. The third-order valence-corrected chi connectivity index (χ3v) is 8.16. The summed E-state index contributed by atoms with van der Waals surface area (Å²) in [6.45, 7) is 2.63. The number of hydrogen-bond donors (Lipinski definition) is 3. The molecule has 10 nitrogen and oxygen atoms in total. The quantitative estimate of drug-likeness (QED) is 0.185. The van der Waals surface area contributed by atoms with Crippen LogP contribution in [0.3, 0.4) is 0 Å². The zero-order chi connectivity index (χ0) is 31.3. The van der Waals surface area contributed by atoms with Gasteiger partial charge in [-0.3, -0.25) is 14.3 Å². The molecule has 2 heterocycles. The Bertz CT molecular complexity index is 1670. The van der Waals surface area contributed by atoms with Crippen LogP contribution in [0, 0.1) is 5.92 Å². The standard InChI is InChI=1S/C33H34BrN5O5/c1-22(6-3-4-16-38-21-27(15-17-40)36-37-38)33(43)29-19-25(34)11-14-30(29)39(32(33)42)20-23-7-5-8-26(18-23)35-31(41)24-9-12-28(44-2)13-10-24/h3,5-14,18-19,21-22,40,43H,4,15-17,20H2,1-2H3,(H,35,41)/b6-3+/t22-,33+/m1/s1. The van der Waals surface area contributed by atoms with Crippen molar-refractivity contribution in [3.8, 4) is 5.75 Å². The highest BCUT2D eigenvalue weighted by molar-refractivity contribution is 9.10. The molecule has 11 heteroatoms. The van der Waals surface area contributed by atoms with E-state index in [-0.39, 0.29) is 19.1 Å². The number of carbonyl (C=O) groups is 2. The molecule has 1 aliphatic heterocycles. The number of nitrogens with zero attached hydrogens (tertiary/aromatic N) is 4. The number of nitrogens with one attached hydrogen (secondary N) is 1.